The van der Waals surface area contributed by atoms with Gasteiger partial charge in [-0.3, -0.25) is 4.79 Å². The fraction of sp³-hybridized carbons (Fsp3) is 0.417. The molecule has 0 aliphatic heterocycles. The van der Waals surface area contributed by atoms with E-state index in [9.17, 15) is 14.0 Å². The maximum atomic E-state index is 13.4. The van der Waals surface area contributed by atoms with Crippen LogP contribution >= 0.6 is 0 Å². The second-order valence-corrected chi connectivity index (χ2v) is 7.66. The Morgan fingerprint density at radius 1 is 1.03 bits per heavy atom. The zero-order valence-corrected chi connectivity index (χ0v) is 17.2. The van der Waals surface area contributed by atoms with Crippen LogP contribution in [0.3, 0.4) is 0 Å². The number of alkyl carbamates (subject to hydrolysis) is 1. The van der Waals surface area contributed by atoms with Gasteiger partial charge in [0.1, 0.15) is 12.4 Å². The Balaban J connectivity index is 1.64. The topological polar surface area (TPSA) is 64.6 Å². The van der Waals surface area contributed by atoms with Gasteiger partial charge < -0.3 is 14.8 Å². The third-order valence-electron chi connectivity index (χ3n) is 5.53. The number of esters is 1. The van der Waals surface area contributed by atoms with E-state index in [0.29, 0.717) is 25.9 Å². The van der Waals surface area contributed by atoms with Gasteiger partial charge in [0.2, 0.25) is 0 Å². The maximum absolute atomic E-state index is 13.4. The van der Waals surface area contributed by atoms with Gasteiger partial charge in [-0.05, 0) is 55.4 Å². The SMILES string of the molecule is CCOC(=O)CC1CC[C@@H](NC(=O)OCc2ccccc2)[C@H](c2ccc(F)cc2)C1. The quantitative estimate of drug-likeness (QED) is 0.652. The Bertz CT molecular complexity index is 825. The molecule has 6 heteroatoms. The molecular formula is C24H28FNO4. The molecule has 1 fully saturated rings. The highest BCUT2D eigenvalue weighted by Crippen LogP contribution is 2.38. The summed E-state index contributed by atoms with van der Waals surface area (Å²) in [4.78, 5) is 24.3. The molecule has 1 aliphatic rings. The molecule has 1 saturated carbocycles. The van der Waals surface area contributed by atoms with Crippen LogP contribution in [0.25, 0.3) is 0 Å². The second kappa shape index (κ2) is 10.8. The van der Waals surface area contributed by atoms with E-state index in [1.165, 1.54) is 12.1 Å². The van der Waals surface area contributed by atoms with Crippen LogP contribution in [-0.4, -0.2) is 24.7 Å². The number of hydrogen-bond acceptors (Lipinski definition) is 4. The zero-order chi connectivity index (χ0) is 21.3. The minimum Gasteiger partial charge on any atom is -0.466 e. The van der Waals surface area contributed by atoms with Gasteiger partial charge in [-0.25, -0.2) is 9.18 Å². The number of hydrogen-bond donors (Lipinski definition) is 1. The number of rotatable bonds is 7. The summed E-state index contributed by atoms with van der Waals surface area (Å²) in [6, 6.07) is 15.7. The molecule has 0 saturated heterocycles. The van der Waals surface area contributed by atoms with E-state index in [-0.39, 0.29) is 36.3 Å². The second-order valence-electron chi connectivity index (χ2n) is 7.66. The normalized spacial score (nSPS) is 20.9. The van der Waals surface area contributed by atoms with Crippen molar-refractivity contribution < 1.29 is 23.5 Å². The van der Waals surface area contributed by atoms with E-state index in [4.69, 9.17) is 9.47 Å². The van der Waals surface area contributed by atoms with Gasteiger partial charge >= 0.3 is 12.1 Å². The lowest BCUT2D eigenvalue weighted by atomic mass is 9.73. The third kappa shape index (κ3) is 6.31. The summed E-state index contributed by atoms with van der Waals surface area (Å²) in [6.45, 7) is 2.36. The molecule has 30 heavy (non-hydrogen) atoms. The first-order chi connectivity index (χ1) is 14.5. The molecule has 0 radical (unpaired) electrons. The molecular weight excluding hydrogens is 385 g/mol. The first kappa shape index (κ1) is 21.8. The summed E-state index contributed by atoms with van der Waals surface area (Å²) in [5.74, 6) is -0.362. The van der Waals surface area contributed by atoms with Crippen LogP contribution in [0.1, 0.15) is 49.7 Å². The Morgan fingerprint density at radius 2 is 1.77 bits per heavy atom. The molecule has 0 aromatic heterocycles. The van der Waals surface area contributed by atoms with Gasteiger partial charge in [-0.15, -0.1) is 0 Å². The van der Waals surface area contributed by atoms with Crippen LogP contribution in [0.2, 0.25) is 0 Å². The fourth-order valence-electron chi connectivity index (χ4n) is 4.07. The highest BCUT2D eigenvalue weighted by atomic mass is 19.1. The molecule has 3 rings (SSSR count). The van der Waals surface area contributed by atoms with Gasteiger partial charge in [-0.1, -0.05) is 42.5 Å². The van der Waals surface area contributed by atoms with Crippen molar-refractivity contribution in [3.63, 3.8) is 0 Å². The van der Waals surface area contributed by atoms with Crippen molar-refractivity contribution in [2.24, 2.45) is 5.92 Å². The van der Waals surface area contributed by atoms with E-state index in [0.717, 1.165) is 17.5 Å². The summed E-state index contributed by atoms with van der Waals surface area (Å²) in [5, 5.41) is 2.98. The average molecular weight is 413 g/mol. The van der Waals surface area contributed by atoms with Crippen molar-refractivity contribution in [1.29, 1.82) is 0 Å². The van der Waals surface area contributed by atoms with Gasteiger partial charge in [0.25, 0.3) is 0 Å². The summed E-state index contributed by atoms with van der Waals surface area (Å²) in [7, 11) is 0. The molecule has 1 aliphatic carbocycles. The number of benzene rings is 2. The molecule has 0 bridgehead atoms. The van der Waals surface area contributed by atoms with Gasteiger partial charge in [0.15, 0.2) is 0 Å². The third-order valence-corrected chi connectivity index (χ3v) is 5.53. The van der Waals surface area contributed by atoms with Crippen LogP contribution < -0.4 is 5.32 Å². The Hall–Kier alpha value is -2.89. The van der Waals surface area contributed by atoms with Crippen molar-refractivity contribution in [2.75, 3.05) is 6.61 Å². The van der Waals surface area contributed by atoms with Crippen LogP contribution in [0.15, 0.2) is 54.6 Å². The van der Waals surface area contributed by atoms with Crippen molar-refractivity contribution >= 4 is 12.1 Å². The molecule has 5 nitrogen and oxygen atoms in total. The van der Waals surface area contributed by atoms with Crippen molar-refractivity contribution in [1.82, 2.24) is 5.32 Å². The largest absolute Gasteiger partial charge is 0.466 e. The van der Waals surface area contributed by atoms with E-state index in [2.05, 4.69) is 5.32 Å². The van der Waals surface area contributed by atoms with Crippen LogP contribution in [0.4, 0.5) is 9.18 Å². The van der Waals surface area contributed by atoms with Crippen LogP contribution in [0.5, 0.6) is 0 Å². The molecule has 2 aromatic rings. The molecule has 1 unspecified atom stereocenters. The number of nitrogens with one attached hydrogen (secondary N) is 1. The number of amides is 1. The summed E-state index contributed by atoms with van der Waals surface area (Å²) < 4.78 is 23.9. The Morgan fingerprint density at radius 3 is 2.47 bits per heavy atom. The van der Waals surface area contributed by atoms with E-state index >= 15 is 0 Å². The first-order valence-corrected chi connectivity index (χ1v) is 10.4. The van der Waals surface area contributed by atoms with Crippen LogP contribution in [-0.2, 0) is 20.9 Å². The molecule has 160 valence electrons. The van der Waals surface area contributed by atoms with Crippen molar-refractivity contribution in [3.8, 4) is 0 Å². The van der Waals surface area contributed by atoms with Crippen LogP contribution in [0, 0.1) is 11.7 Å². The highest BCUT2D eigenvalue weighted by Gasteiger charge is 2.34. The molecule has 3 atom stereocenters. The van der Waals surface area contributed by atoms with Crippen molar-refractivity contribution in [3.05, 3.63) is 71.5 Å². The van der Waals surface area contributed by atoms with E-state index in [1.807, 2.05) is 30.3 Å². The highest BCUT2D eigenvalue weighted by molar-refractivity contribution is 5.70. The van der Waals surface area contributed by atoms with E-state index < -0.39 is 6.09 Å². The monoisotopic (exact) mass is 413 g/mol. The lowest BCUT2D eigenvalue weighted by Crippen LogP contribution is -2.43. The lowest BCUT2D eigenvalue weighted by Gasteiger charge is -2.36. The number of carbonyl (C=O) groups excluding carboxylic acids is 2. The van der Waals surface area contributed by atoms with Gasteiger partial charge in [0, 0.05) is 18.4 Å². The molecule has 1 amide bonds. The average Bonchev–Trinajstić information content (AvgIpc) is 2.75. The summed E-state index contributed by atoms with van der Waals surface area (Å²) >= 11 is 0. The van der Waals surface area contributed by atoms with E-state index in [1.54, 1.807) is 19.1 Å². The van der Waals surface area contributed by atoms with Gasteiger partial charge in [0.05, 0.1) is 6.61 Å². The zero-order valence-electron chi connectivity index (χ0n) is 17.2. The minimum atomic E-state index is -0.472. The van der Waals surface area contributed by atoms with Crippen molar-refractivity contribution in [2.45, 2.75) is 51.2 Å². The lowest BCUT2D eigenvalue weighted by molar-refractivity contribution is -0.144. The predicted octanol–water partition coefficient (Wildman–Crippen LogP) is 4.96. The Kier molecular flexibility index (Phi) is 7.82. The first-order valence-electron chi connectivity index (χ1n) is 10.4. The maximum Gasteiger partial charge on any atom is 0.407 e. The minimum absolute atomic E-state index is 0.0250. The number of ether oxygens (including phenoxy) is 2. The molecule has 0 heterocycles. The molecule has 1 N–H and O–H groups in total. The smallest absolute Gasteiger partial charge is 0.407 e. The van der Waals surface area contributed by atoms with Gasteiger partial charge in [-0.2, -0.15) is 0 Å². The predicted molar refractivity (Wildman–Crippen MR) is 111 cm³/mol. The summed E-state index contributed by atoms with van der Waals surface area (Å²) in [6.07, 6.45) is 2.12. The Labute approximate surface area is 176 Å². The fourth-order valence-corrected chi connectivity index (χ4v) is 4.07. The number of carbonyl (C=O) groups is 2. The molecule has 2 aromatic carbocycles. The molecule has 0 spiro atoms. The summed E-state index contributed by atoms with van der Waals surface area (Å²) in [5.41, 5.74) is 1.86. The number of halogens is 1. The standard InChI is InChI=1S/C24H28FNO4/c1-2-29-23(27)15-18-8-13-22(21(14-18)19-9-11-20(25)12-10-19)26-24(28)30-16-17-6-4-3-5-7-17/h3-7,9-12,18,21-22H,2,8,13-16H2,1H3,(H,26,28)/t18?,21-,22+/m0/s1.